The summed E-state index contributed by atoms with van der Waals surface area (Å²) in [6.45, 7) is 5.23. The van der Waals surface area contributed by atoms with E-state index in [4.69, 9.17) is 0 Å². The van der Waals surface area contributed by atoms with E-state index in [1.807, 2.05) is 30.3 Å². The molecule has 0 spiro atoms. The average molecular weight is 296 g/mol. The molecule has 0 aliphatic rings. The van der Waals surface area contributed by atoms with Gasteiger partial charge in [0.05, 0.1) is 0 Å². The van der Waals surface area contributed by atoms with Gasteiger partial charge in [0.1, 0.15) is 0 Å². The van der Waals surface area contributed by atoms with Crippen LogP contribution in [0, 0.1) is 5.92 Å². The molecule has 0 aliphatic carbocycles. The summed E-state index contributed by atoms with van der Waals surface area (Å²) in [5.74, 6) is 0.455. The van der Waals surface area contributed by atoms with Crippen LogP contribution in [0.2, 0.25) is 0 Å². The third-order valence-electron chi connectivity index (χ3n) is 3.79. The van der Waals surface area contributed by atoms with Crippen LogP contribution in [-0.2, 0) is 6.54 Å². The summed E-state index contributed by atoms with van der Waals surface area (Å²) >= 11 is 0. The fourth-order valence-corrected chi connectivity index (χ4v) is 2.54. The second kappa shape index (κ2) is 7.76. The maximum Gasteiger partial charge on any atom is 0.251 e. The van der Waals surface area contributed by atoms with Crippen LogP contribution >= 0.6 is 0 Å². The van der Waals surface area contributed by atoms with Crippen LogP contribution in [0.15, 0.2) is 54.6 Å². The second-order valence-corrected chi connectivity index (χ2v) is 5.79. The van der Waals surface area contributed by atoms with Crippen molar-refractivity contribution in [3.63, 3.8) is 0 Å². The van der Waals surface area contributed by atoms with Crippen molar-refractivity contribution >= 4 is 5.91 Å². The Morgan fingerprint density at radius 2 is 1.64 bits per heavy atom. The minimum atomic E-state index is -0.0520. The van der Waals surface area contributed by atoms with Crippen molar-refractivity contribution in [2.75, 3.05) is 7.05 Å². The molecule has 0 aromatic heterocycles. The first-order valence-electron chi connectivity index (χ1n) is 7.71. The zero-order valence-corrected chi connectivity index (χ0v) is 13.5. The molecule has 0 aliphatic heterocycles. The number of hydrogen-bond donors (Lipinski definition) is 2. The lowest BCUT2D eigenvalue weighted by atomic mass is 9.96. The molecule has 0 saturated carbocycles. The molecule has 22 heavy (non-hydrogen) atoms. The quantitative estimate of drug-likeness (QED) is 0.856. The van der Waals surface area contributed by atoms with Crippen LogP contribution in [-0.4, -0.2) is 13.0 Å². The predicted molar refractivity (Wildman–Crippen MR) is 90.7 cm³/mol. The van der Waals surface area contributed by atoms with E-state index in [-0.39, 0.29) is 5.91 Å². The third kappa shape index (κ3) is 4.18. The highest BCUT2D eigenvalue weighted by Crippen LogP contribution is 2.21. The summed E-state index contributed by atoms with van der Waals surface area (Å²) in [4.78, 5) is 11.5. The van der Waals surface area contributed by atoms with E-state index >= 15 is 0 Å². The Morgan fingerprint density at radius 3 is 2.18 bits per heavy atom. The van der Waals surface area contributed by atoms with Gasteiger partial charge in [0.2, 0.25) is 0 Å². The molecule has 2 rings (SSSR count). The minimum Gasteiger partial charge on any atom is -0.355 e. The van der Waals surface area contributed by atoms with Crippen molar-refractivity contribution < 1.29 is 4.79 Å². The van der Waals surface area contributed by atoms with Crippen molar-refractivity contribution in [1.82, 2.24) is 10.6 Å². The number of nitrogens with one attached hydrogen (secondary N) is 2. The van der Waals surface area contributed by atoms with Gasteiger partial charge in [-0.1, -0.05) is 56.3 Å². The summed E-state index contributed by atoms with van der Waals surface area (Å²) in [5, 5.41) is 6.25. The first-order valence-corrected chi connectivity index (χ1v) is 7.71. The van der Waals surface area contributed by atoms with E-state index in [1.165, 1.54) is 11.1 Å². The number of carbonyl (C=O) groups is 1. The largest absolute Gasteiger partial charge is 0.355 e. The van der Waals surface area contributed by atoms with Crippen LogP contribution < -0.4 is 10.6 Å². The molecule has 0 saturated heterocycles. The van der Waals surface area contributed by atoms with E-state index in [2.05, 4.69) is 48.7 Å². The van der Waals surface area contributed by atoms with Gasteiger partial charge in [0.15, 0.2) is 0 Å². The van der Waals surface area contributed by atoms with Crippen molar-refractivity contribution in [1.29, 1.82) is 0 Å². The Bertz CT molecular complexity index is 591. The Balaban J connectivity index is 2.02. The summed E-state index contributed by atoms with van der Waals surface area (Å²) in [7, 11) is 1.64. The molecule has 2 N–H and O–H groups in total. The lowest BCUT2D eigenvalue weighted by molar-refractivity contribution is 0.0963. The molecule has 0 fully saturated rings. The number of rotatable bonds is 6. The number of hydrogen-bond acceptors (Lipinski definition) is 2. The van der Waals surface area contributed by atoms with E-state index in [0.717, 1.165) is 6.54 Å². The minimum absolute atomic E-state index is 0.0520. The Labute approximate surface area is 132 Å². The number of amides is 1. The number of carbonyl (C=O) groups excluding carboxylic acids is 1. The van der Waals surface area contributed by atoms with Crippen LogP contribution in [0.4, 0.5) is 0 Å². The molecule has 3 nitrogen and oxygen atoms in total. The first-order chi connectivity index (χ1) is 10.6. The van der Waals surface area contributed by atoms with E-state index in [1.54, 1.807) is 7.05 Å². The van der Waals surface area contributed by atoms with Gasteiger partial charge >= 0.3 is 0 Å². The molecule has 3 heteroatoms. The highest BCUT2D eigenvalue weighted by Gasteiger charge is 2.14. The van der Waals surface area contributed by atoms with Crippen LogP contribution in [0.3, 0.4) is 0 Å². The standard InChI is InChI=1S/C19H24N2O/c1-14(2)18(16-7-5-4-6-8-16)21-13-15-9-11-17(12-10-15)19(22)20-3/h4-12,14,18,21H,13H2,1-3H3,(H,20,22)/t18-/m0/s1. The summed E-state index contributed by atoms with van der Waals surface area (Å²) < 4.78 is 0. The van der Waals surface area contributed by atoms with Crippen LogP contribution in [0.5, 0.6) is 0 Å². The maximum atomic E-state index is 11.5. The highest BCUT2D eigenvalue weighted by atomic mass is 16.1. The SMILES string of the molecule is CNC(=O)c1ccc(CN[C@H](c2ccccc2)C(C)C)cc1. The van der Waals surface area contributed by atoms with Crippen molar-refractivity contribution in [3.05, 3.63) is 71.3 Å². The third-order valence-corrected chi connectivity index (χ3v) is 3.79. The van der Waals surface area contributed by atoms with Crippen molar-refractivity contribution in [2.24, 2.45) is 5.92 Å². The molecule has 0 heterocycles. The molecule has 2 aromatic rings. The van der Waals surface area contributed by atoms with Gasteiger partial charge in [-0.15, -0.1) is 0 Å². The van der Waals surface area contributed by atoms with Crippen LogP contribution in [0.1, 0.15) is 41.4 Å². The van der Waals surface area contributed by atoms with Gasteiger partial charge in [-0.05, 0) is 29.2 Å². The topological polar surface area (TPSA) is 41.1 Å². The Hall–Kier alpha value is -2.13. The van der Waals surface area contributed by atoms with Gasteiger partial charge in [-0.25, -0.2) is 0 Å². The molecular weight excluding hydrogens is 272 g/mol. The monoisotopic (exact) mass is 296 g/mol. The van der Waals surface area contributed by atoms with Gasteiger partial charge in [-0.2, -0.15) is 0 Å². The highest BCUT2D eigenvalue weighted by molar-refractivity contribution is 5.93. The molecule has 116 valence electrons. The van der Waals surface area contributed by atoms with Gasteiger partial charge in [0.25, 0.3) is 5.91 Å². The molecule has 0 bridgehead atoms. The van der Waals surface area contributed by atoms with Gasteiger partial charge < -0.3 is 10.6 Å². The fourth-order valence-electron chi connectivity index (χ4n) is 2.54. The van der Waals surface area contributed by atoms with E-state index < -0.39 is 0 Å². The molecule has 1 amide bonds. The molecule has 1 atom stereocenters. The van der Waals surface area contributed by atoms with Crippen LogP contribution in [0.25, 0.3) is 0 Å². The lowest BCUT2D eigenvalue weighted by Gasteiger charge is -2.23. The summed E-state index contributed by atoms with van der Waals surface area (Å²) in [6.07, 6.45) is 0. The zero-order valence-electron chi connectivity index (χ0n) is 13.5. The summed E-state index contributed by atoms with van der Waals surface area (Å²) in [5.41, 5.74) is 3.17. The smallest absolute Gasteiger partial charge is 0.251 e. The van der Waals surface area contributed by atoms with E-state index in [9.17, 15) is 4.79 Å². The zero-order chi connectivity index (χ0) is 15.9. The molecule has 0 radical (unpaired) electrons. The molecular formula is C19H24N2O. The average Bonchev–Trinajstić information content (AvgIpc) is 2.55. The van der Waals surface area contributed by atoms with Crippen molar-refractivity contribution in [2.45, 2.75) is 26.4 Å². The number of benzene rings is 2. The summed E-state index contributed by atoms with van der Waals surface area (Å²) in [6, 6.07) is 18.6. The normalized spacial score (nSPS) is 12.2. The first kappa shape index (κ1) is 16.2. The fraction of sp³-hybridized carbons (Fsp3) is 0.316. The predicted octanol–water partition coefficient (Wildman–Crippen LogP) is 3.53. The molecule has 0 unspecified atom stereocenters. The van der Waals surface area contributed by atoms with Crippen molar-refractivity contribution in [3.8, 4) is 0 Å². The Morgan fingerprint density at radius 1 is 1.00 bits per heavy atom. The lowest BCUT2D eigenvalue weighted by Crippen LogP contribution is -2.25. The second-order valence-electron chi connectivity index (χ2n) is 5.79. The molecule has 2 aromatic carbocycles. The van der Waals surface area contributed by atoms with E-state index in [0.29, 0.717) is 17.5 Å². The van der Waals surface area contributed by atoms with Gasteiger partial charge in [0, 0.05) is 25.2 Å². The van der Waals surface area contributed by atoms with Gasteiger partial charge in [-0.3, -0.25) is 4.79 Å². The maximum absolute atomic E-state index is 11.5. The Kier molecular flexibility index (Phi) is 5.73.